The lowest BCUT2D eigenvalue weighted by molar-refractivity contribution is 0.224. The van der Waals surface area contributed by atoms with Crippen molar-refractivity contribution >= 4 is 47.0 Å². The minimum atomic E-state index is 0.672. The van der Waals surface area contributed by atoms with Gasteiger partial charge in [-0.1, -0.05) is 0 Å². The Balaban J connectivity index is 1.70. The molecule has 6 atom stereocenters. The number of thioether (sulfide) groups is 4. The summed E-state index contributed by atoms with van der Waals surface area (Å²) in [4.78, 5) is 5.37. The molecule has 2 fully saturated rings. The van der Waals surface area contributed by atoms with E-state index in [0.29, 0.717) is 21.5 Å². The summed E-state index contributed by atoms with van der Waals surface area (Å²) in [6, 6.07) is 0. The van der Waals surface area contributed by atoms with Gasteiger partial charge in [-0.05, 0) is 54.4 Å². The molecule has 2 aliphatic rings. The number of hydrogen-bond donors (Lipinski definition) is 0. The van der Waals surface area contributed by atoms with Crippen molar-refractivity contribution in [1.82, 2.24) is 9.80 Å². The molecule has 0 spiro atoms. The molecule has 0 bridgehead atoms. The highest BCUT2D eigenvalue weighted by Gasteiger charge is 2.31. The minimum Gasteiger partial charge on any atom is -0.280 e. The number of nitrogens with zero attached hydrogens (tertiary/aromatic N) is 2. The fourth-order valence-corrected chi connectivity index (χ4v) is 9.99. The standard InChI is InChI=1S/C16H32N2S4/c1-11-17(12(2)20-15(5)19-11)9-7-8-10-18-13(3)21-16(6)22-14(18)4/h11-16H,7-10H2,1-6H3/t11-,12+,13-,14+,15?,16?. The van der Waals surface area contributed by atoms with Crippen molar-refractivity contribution in [1.29, 1.82) is 0 Å². The van der Waals surface area contributed by atoms with Crippen LogP contribution in [-0.4, -0.2) is 53.5 Å². The summed E-state index contributed by atoms with van der Waals surface area (Å²) in [5, 5.41) is 2.69. The van der Waals surface area contributed by atoms with Crippen molar-refractivity contribution in [3.8, 4) is 0 Å². The maximum Gasteiger partial charge on any atom is 0.0550 e. The van der Waals surface area contributed by atoms with Crippen LogP contribution in [-0.2, 0) is 0 Å². The van der Waals surface area contributed by atoms with E-state index in [2.05, 4.69) is 98.4 Å². The van der Waals surface area contributed by atoms with Gasteiger partial charge in [-0.3, -0.25) is 9.80 Å². The van der Waals surface area contributed by atoms with E-state index in [4.69, 9.17) is 0 Å². The summed E-state index contributed by atoms with van der Waals surface area (Å²) >= 11 is 8.45. The summed E-state index contributed by atoms with van der Waals surface area (Å²) in [7, 11) is 0. The van der Waals surface area contributed by atoms with E-state index in [1.165, 1.54) is 25.9 Å². The molecule has 2 nitrogen and oxygen atoms in total. The number of hydrogen-bond acceptors (Lipinski definition) is 6. The van der Waals surface area contributed by atoms with Gasteiger partial charge in [-0.2, -0.15) is 0 Å². The summed E-state index contributed by atoms with van der Waals surface area (Å²) in [5.74, 6) is 0. The first kappa shape index (κ1) is 19.6. The van der Waals surface area contributed by atoms with Crippen molar-refractivity contribution in [2.24, 2.45) is 0 Å². The van der Waals surface area contributed by atoms with Crippen LogP contribution < -0.4 is 0 Å². The molecule has 0 saturated carbocycles. The maximum absolute atomic E-state index is 2.68. The third-order valence-corrected chi connectivity index (χ3v) is 10.0. The molecule has 130 valence electrons. The Morgan fingerprint density at radius 1 is 0.545 bits per heavy atom. The lowest BCUT2D eigenvalue weighted by Gasteiger charge is -2.42. The second-order valence-corrected chi connectivity index (χ2v) is 13.5. The zero-order valence-corrected chi connectivity index (χ0v) is 18.1. The first-order valence-electron chi connectivity index (χ1n) is 8.51. The highest BCUT2D eigenvalue weighted by atomic mass is 32.2. The van der Waals surface area contributed by atoms with E-state index in [9.17, 15) is 0 Å². The number of rotatable bonds is 5. The van der Waals surface area contributed by atoms with Crippen molar-refractivity contribution in [3.63, 3.8) is 0 Å². The van der Waals surface area contributed by atoms with Gasteiger partial charge in [0.2, 0.25) is 0 Å². The molecule has 0 N–H and O–H groups in total. The molecule has 0 radical (unpaired) electrons. The molecule has 2 unspecified atom stereocenters. The van der Waals surface area contributed by atoms with Crippen molar-refractivity contribution in [2.75, 3.05) is 13.1 Å². The molecular weight excluding hydrogens is 348 g/mol. The lowest BCUT2D eigenvalue weighted by atomic mass is 10.2. The van der Waals surface area contributed by atoms with Gasteiger partial charge < -0.3 is 0 Å². The molecule has 22 heavy (non-hydrogen) atoms. The molecular formula is C16H32N2S4. The summed E-state index contributed by atoms with van der Waals surface area (Å²) in [6.07, 6.45) is 2.65. The van der Waals surface area contributed by atoms with Crippen LogP contribution in [0, 0.1) is 0 Å². The largest absolute Gasteiger partial charge is 0.280 e. The molecule has 2 aliphatic heterocycles. The monoisotopic (exact) mass is 380 g/mol. The van der Waals surface area contributed by atoms with Gasteiger partial charge in [0, 0.05) is 13.1 Å². The Labute approximate surface area is 154 Å². The molecule has 2 rings (SSSR count). The zero-order chi connectivity index (χ0) is 16.3. The summed E-state index contributed by atoms with van der Waals surface area (Å²) in [6.45, 7) is 16.7. The third kappa shape index (κ3) is 5.41. The van der Waals surface area contributed by atoms with Crippen LogP contribution in [0.3, 0.4) is 0 Å². The van der Waals surface area contributed by atoms with Crippen LogP contribution in [0.25, 0.3) is 0 Å². The SMILES string of the molecule is CC1S[C@@H](C)N(CCCCN2[C@H](C)SC(C)S[C@@H]2C)[C@@H](C)S1. The van der Waals surface area contributed by atoms with Crippen molar-refractivity contribution < 1.29 is 0 Å². The van der Waals surface area contributed by atoms with Crippen LogP contribution in [0.2, 0.25) is 0 Å². The Morgan fingerprint density at radius 2 is 0.818 bits per heavy atom. The lowest BCUT2D eigenvalue weighted by Crippen LogP contribution is -2.43. The second-order valence-electron chi connectivity index (χ2n) is 6.26. The van der Waals surface area contributed by atoms with E-state index < -0.39 is 0 Å². The summed E-state index contributed by atoms with van der Waals surface area (Å²) in [5.41, 5.74) is 0. The fourth-order valence-electron chi connectivity index (χ4n) is 3.39. The maximum atomic E-state index is 2.68. The summed E-state index contributed by atoms with van der Waals surface area (Å²) < 4.78 is 1.49. The topological polar surface area (TPSA) is 6.48 Å². The van der Waals surface area contributed by atoms with Crippen LogP contribution in [0.15, 0.2) is 0 Å². The quantitative estimate of drug-likeness (QED) is 0.584. The molecule has 0 aromatic carbocycles. The third-order valence-electron chi connectivity index (χ3n) is 4.51. The van der Waals surface area contributed by atoms with Crippen LogP contribution >= 0.6 is 47.0 Å². The average Bonchev–Trinajstić information content (AvgIpc) is 2.38. The Kier molecular flexibility index (Phi) is 8.16. The van der Waals surface area contributed by atoms with Gasteiger partial charge >= 0.3 is 0 Å². The van der Waals surface area contributed by atoms with Gasteiger partial charge in [0.05, 0.1) is 30.7 Å². The molecule has 2 heterocycles. The second kappa shape index (κ2) is 9.14. The van der Waals surface area contributed by atoms with Gasteiger partial charge in [-0.15, -0.1) is 47.0 Å². The predicted octanol–water partition coefficient (Wildman–Crippen LogP) is 5.41. The van der Waals surface area contributed by atoms with Crippen LogP contribution in [0.5, 0.6) is 0 Å². The molecule has 0 aromatic heterocycles. The van der Waals surface area contributed by atoms with Crippen LogP contribution in [0.4, 0.5) is 0 Å². The molecule has 0 amide bonds. The van der Waals surface area contributed by atoms with Crippen molar-refractivity contribution in [2.45, 2.75) is 85.0 Å². The minimum absolute atomic E-state index is 0.672. The van der Waals surface area contributed by atoms with Gasteiger partial charge in [-0.25, -0.2) is 0 Å². The highest BCUT2D eigenvalue weighted by Crippen LogP contribution is 2.41. The van der Waals surface area contributed by atoms with Crippen molar-refractivity contribution in [3.05, 3.63) is 0 Å². The zero-order valence-electron chi connectivity index (χ0n) is 14.8. The fraction of sp³-hybridized carbons (Fsp3) is 1.00. The Bertz CT molecular complexity index is 288. The predicted molar refractivity (Wildman–Crippen MR) is 110 cm³/mol. The van der Waals surface area contributed by atoms with Gasteiger partial charge in [0.25, 0.3) is 0 Å². The first-order valence-corrected chi connectivity index (χ1v) is 12.3. The number of unbranched alkanes of at least 4 members (excludes halogenated alkanes) is 1. The van der Waals surface area contributed by atoms with Gasteiger partial charge in [0.1, 0.15) is 0 Å². The van der Waals surface area contributed by atoms with Gasteiger partial charge in [0.15, 0.2) is 0 Å². The molecule has 2 saturated heterocycles. The first-order chi connectivity index (χ1) is 10.4. The molecule has 6 heteroatoms. The normalized spacial score (nSPS) is 41.7. The van der Waals surface area contributed by atoms with Crippen LogP contribution in [0.1, 0.15) is 54.4 Å². The Hall–Kier alpha value is 1.32. The highest BCUT2D eigenvalue weighted by molar-refractivity contribution is 8.18. The average molecular weight is 381 g/mol. The smallest absolute Gasteiger partial charge is 0.0550 e. The van der Waals surface area contributed by atoms with E-state index in [-0.39, 0.29) is 0 Å². The van der Waals surface area contributed by atoms with E-state index >= 15 is 0 Å². The molecule has 0 aromatic rings. The Morgan fingerprint density at radius 3 is 1.09 bits per heavy atom. The van der Waals surface area contributed by atoms with E-state index in [1.54, 1.807) is 0 Å². The van der Waals surface area contributed by atoms with E-state index in [1.807, 2.05) is 0 Å². The van der Waals surface area contributed by atoms with E-state index in [0.717, 1.165) is 9.16 Å². The molecule has 0 aliphatic carbocycles.